The Balaban J connectivity index is 2.10. The Labute approximate surface area is 108 Å². The second-order valence-corrected chi connectivity index (χ2v) is 7.72. The summed E-state index contributed by atoms with van der Waals surface area (Å²) in [6, 6.07) is 8.30. The zero-order valence-corrected chi connectivity index (χ0v) is 11.7. The molecule has 0 N–H and O–H groups in total. The fourth-order valence-electron chi connectivity index (χ4n) is 2.46. The molecule has 94 valence electrons. The monoisotopic (exact) mass is 270 g/mol. The number of sulfone groups is 1. The standard InChI is InChI=1S/C13H18O2S2/c1-16-13-7-3-2-6-12(13)9-11-5-4-8-17(14,15)10-11/h2-3,6-7,11H,4-5,8-10H2,1H3/t11-/m1/s1. The first-order valence-electron chi connectivity index (χ1n) is 5.93. The van der Waals surface area contributed by atoms with Gasteiger partial charge in [0.15, 0.2) is 9.84 Å². The van der Waals surface area contributed by atoms with Gasteiger partial charge >= 0.3 is 0 Å². The van der Waals surface area contributed by atoms with Gasteiger partial charge in [-0.05, 0) is 43.1 Å². The smallest absolute Gasteiger partial charge is 0.150 e. The van der Waals surface area contributed by atoms with Gasteiger partial charge in [0.2, 0.25) is 0 Å². The number of hydrogen-bond donors (Lipinski definition) is 0. The molecule has 1 aliphatic rings. The summed E-state index contributed by atoms with van der Waals surface area (Å²) in [6.45, 7) is 0. The summed E-state index contributed by atoms with van der Waals surface area (Å²) in [5.74, 6) is 1.06. The van der Waals surface area contributed by atoms with E-state index < -0.39 is 9.84 Å². The van der Waals surface area contributed by atoms with E-state index in [4.69, 9.17) is 0 Å². The number of rotatable bonds is 3. The van der Waals surface area contributed by atoms with Crippen LogP contribution in [0.2, 0.25) is 0 Å². The molecule has 0 unspecified atom stereocenters. The minimum atomic E-state index is -2.78. The molecule has 1 saturated heterocycles. The Morgan fingerprint density at radius 3 is 2.82 bits per heavy atom. The Bertz CT molecular complexity index is 480. The van der Waals surface area contributed by atoms with Gasteiger partial charge in [-0.25, -0.2) is 8.42 Å². The zero-order valence-electron chi connectivity index (χ0n) is 10.1. The predicted octanol–water partition coefficient (Wildman–Crippen LogP) is 2.78. The topological polar surface area (TPSA) is 34.1 Å². The van der Waals surface area contributed by atoms with Crippen LogP contribution in [0.4, 0.5) is 0 Å². The Hall–Kier alpha value is -0.480. The second kappa shape index (κ2) is 5.44. The quantitative estimate of drug-likeness (QED) is 0.792. The molecule has 1 atom stereocenters. The van der Waals surface area contributed by atoms with Crippen molar-refractivity contribution < 1.29 is 8.42 Å². The molecular formula is C13H18O2S2. The van der Waals surface area contributed by atoms with Gasteiger partial charge in [0, 0.05) is 4.90 Å². The van der Waals surface area contributed by atoms with E-state index in [1.807, 2.05) is 12.1 Å². The highest BCUT2D eigenvalue weighted by atomic mass is 32.2. The fourth-order valence-corrected chi connectivity index (χ4v) is 4.87. The molecule has 0 spiro atoms. The summed E-state index contributed by atoms with van der Waals surface area (Å²) in [7, 11) is -2.78. The Kier molecular flexibility index (Phi) is 4.15. The van der Waals surface area contributed by atoms with E-state index in [2.05, 4.69) is 18.4 Å². The van der Waals surface area contributed by atoms with Crippen molar-refractivity contribution in [2.75, 3.05) is 17.8 Å². The van der Waals surface area contributed by atoms with Crippen molar-refractivity contribution in [1.82, 2.24) is 0 Å². The van der Waals surface area contributed by atoms with Crippen LogP contribution in [0.15, 0.2) is 29.2 Å². The molecule has 4 heteroatoms. The normalized spacial score (nSPS) is 23.5. The van der Waals surface area contributed by atoms with Crippen LogP contribution in [-0.2, 0) is 16.3 Å². The molecule has 0 saturated carbocycles. The van der Waals surface area contributed by atoms with Crippen molar-refractivity contribution in [3.63, 3.8) is 0 Å². The molecule has 17 heavy (non-hydrogen) atoms. The van der Waals surface area contributed by atoms with Crippen molar-refractivity contribution in [2.24, 2.45) is 5.92 Å². The summed E-state index contributed by atoms with van der Waals surface area (Å²) < 4.78 is 23.2. The van der Waals surface area contributed by atoms with Crippen LogP contribution in [0.1, 0.15) is 18.4 Å². The molecule has 1 aliphatic heterocycles. The van der Waals surface area contributed by atoms with Crippen molar-refractivity contribution in [3.05, 3.63) is 29.8 Å². The maximum atomic E-state index is 11.6. The second-order valence-electron chi connectivity index (χ2n) is 4.64. The van der Waals surface area contributed by atoms with Gasteiger partial charge in [-0.3, -0.25) is 0 Å². The van der Waals surface area contributed by atoms with Crippen LogP contribution in [0.25, 0.3) is 0 Å². The van der Waals surface area contributed by atoms with Crippen LogP contribution < -0.4 is 0 Å². The van der Waals surface area contributed by atoms with Gasteiger partial charge in [0.05, 0.1) is 11.5 Å². The molecule has 0 aromatic heterocycles. The van der Waals surface area contributed by atoms with Crippen molar-refractivity contribution >= 4 is 21.6 Å². The molecule has 0 bridgehead atoms. The van der Waals surface area contributed by atoms with E-state index in [9.17, 15) is 8.42 Å². The lowest BCUT2D eigenvalue weighted by molar-refractivity contribution is 0.481. The lowest BCUT2D eigenvalue weighted by Gasteiger charge is -2.22. The van der Waals surface area contributed by atoms with Crippen LogP contribution in [0.3, 0.4) is 0 Å². The van der Waals surface area contributed by atoms with E-state index in [0.717, 1.165) is 19.3 Å². The van der Waals surface area contributed by atoms with Crippen molar-refractivity contribution in [2.45, 2.75) is 24.2 Å². The first kappa shape index (κ1) is 13.0. The summed E-state index contributed by atoms with van der Waals surface area (Å²) in [5.41, 5.74) is 1.29. The SMILES string of the molecule is CSc1ccccc1C[C@H]1CCCS(=O)(=O)C1. The molecule has 1 aromatic carbocycles. The number of benzene rings is 1. The van der Waals surface area contributed by atoms with Gasteiger partial charge in [0.25, 0.3) is 0 Å². The predicted molar refractivity (Wildman–Crippen MR) is 73.3 cm³/mol. The van der Waals surface area contributed by atoms with E-state index in [0.29, 0.717) is 17.4 Å². The minimum Gasteiger partial charge on any atom is -0.229 e. The molecule has 0 aliphatic carbocycles. The van der Waals surface area contributed by atoms with Gasteiger partial charge in [-0.1, -0.05) is 18.2 Å². The third kappa shape index (κ3) is 3.49. The molecule has 2 rings (SSSR count). The first-order valence-corrected chi connectivity index (χ1v) is 8.97. The highest BCUT2D eigenvalue weighted by molar-refractivity contribution is 7.98. The molecular weight excluding hydrogens is 252 g/mol. The van der Waals surface area contributed by atoms with Gasteiger partial charge in [0.1, 0.15) is 0 Å². The Morgan fingerprint density at radius 2 is 2.12 bits per heavy atom. The van der Waals surface area contributed by atoms with Crippen LogP contribution in [0.5, 0.6) is 0 Å². The van der Waals surface area contributed by atoms with Crippen molar-refractivity contribution in [3.8, 4) is 0 Å². The number of hydrogen-bond acceptors (Lipinski definition) is 3. The van der Waals surface area contributed by atoms with E-state index in [1.54, 1.807) is 11.8 Å². The summed E-state index contributed by atoms with van der Waals surface area (Å²) in [6.07, 6.45) is 4.84. The average Bonchev–Trinajstić information content (AvgIpc) is 2.28. The Morgan fingerprint density at radius 1 is 1.35 bits per heavy atom. The van der Waals surface area contributed by atoms with Crippen molar-refractivity contribution in [1.29, 1.82) is 0 Å². The summed E-state index contributed by atoms with van der Waals surface area (Å²) >= 11 is 1.73. The van der Waals surface area contributed by atoms with Crippen LogP contribution >= 0.6 is 11.8 Å². The highest BCUT2D eigenvalue weighted by Crippen LogP contribution is 2.27. The van der Waals surface area contributed by atoms with E-state index in [-0.39, 0.29) is 0 Å². The van der Waals surface area contributed by atoms with Gasteiger partial charge in [-0.2, -0.15) is 0 Å². The molecule has 1 aromatic rings. The van der Waals surface area contributed by atoms with Gasteiger partial charge < -0.3 is 0 Å². The first-order chi connectivity index (χ1) is 8.11. The third-order valence-electron chi connectivity index (χ3n) is 3.26. The maximum absolute atomic E-state index is 11.6. The highest BCUT2D eigenvalue weighted by Gasteiger charge is 2.25. The van der Waals surface area contributed by atoms with Gasteiger partial charge in [-0.15, -0.1) is 11.8 Å². The fraction of sp³-hybridized carbons (Fsp3) is 0.538. The molecule has 1 fully saturated rings. The number of thioether (sulfide) groups is 1. The molecule has 0 radical (unpaired) electrons. The largest absolute Gasteiger partial charge is 0.229 e. The van der Waals surface area contributed by atoms with Crippen LogP contribution in [-0.4, -0.2) is 26.2 Å². The van der Waals surface area contributed by atoms with Crippen LogP contribution in [0, 0.1) is 5.92 Å². The summed E-state index contributed by atoms with van der Waals surface area (Å²) in [4.78, 5) is 1.27. The maximum Gasteiger partial charge on any atom is 0.150 e. The van der Waals surface area contributed by atoms with E-state index >= 15 is 0 Å². The zero-order chi connectivity index (χ0) is 12.3. The summed E-state index contributed by atoms with van der Waals surface area (Å²) in [5, 5.41) is 0. The average molecular weight is 270 g/mol. The minimum absolute atomic E-state index is 0.307. The lowest BCUT2D eigenvalue weighted by atomic mass is 9.96. The molecule has 2 nitrogen and oxygen atoms in total. The van der Waals surface area contributed by atoms with E-state index in [1.165, 1.54) is 10.5 Å². The lowest BCUT2D eigenvalue weighted by Crippen LogP contribution is -2.26. The molecule has 0 amide bonds. The third-order valence-corrected chi connectivity index (χ3v) is 5.99. The molecule has 1 heterocycles.